The van der Waals surface area contributed by atoms with Crippen LogP contribution in [0, 0.1) is 5.41 Å². The summed E-state index contributed by atoms with van der Waals surface area (Å²) >= 11 is 0. The molecule has 0 aliphatic carbocycles. The van der Waals surface area contributed by atoms with Gasteiger partial charge in [-0.15, -0.1) is 0 Å². The van der Waals surface area contributed by atoms with E-state index in [2.05, 4.69) is 0 Å². The predicted molar refractivity (Wildman–Crippen MR) is 106 cm³/mol. The van der Waals surface area contributed by atoms with Gasteiger partial charge in [0.05, 0.1) is 18.2 Å². The fourth-order valence-electron chi connectivity index (χ4n) is 3.15. The molecule has 0 radical (unpaired) electrons. The summed E-state index contributed by atoms with van der Waals surface area (Å²) in [5.74, 6) is -1.11. The number of phenols is 1. The minimum Gasteiger partial charge on any atom is -0.504 e. The molecule has 1 atom stereocenters. The van der Waals surface area contributed by atoms with Crippen molar-refractivity contribution in [3.63, 3.8) is 0 Å². The van der Waals surface area contributed by atoms with Crippen molar-refractivity contribution in [3.05, 3.63) is 35.1 Å². The van der Waals surface area contributed by atoms with Crippen LogP contribution in [0.4, 0.5) is 0 Å². The fraction of sp³-hybridized carbons (Fsp3) is 0.524. The predicted octanol–water partition coefficient (Wildman–Crippen LogP) is 2.66. The van der Waals surface area contributed by atoms with Crippen LogP contribution in [-0.4, -0.2) is 65.5 Å². The Kier molecular flexibility index (Phi) is 6.39. The maximum absolute atomic E-state index is 13.1. The highest BCUT2D eigenvalue weighted by molar-refractivity contribution is 6.10. The average Bonchev–Trinajstić information content (AvgIpc) is 2.85. The molecule has 0 saturated heterocycles. The van der Waals surface area contributed by atoms with Crippen LogP contribution in [0.2, 0.25) is 0 Å². The van der Waals surface area contributed by atoms with E-state index >= 15 is 0 Å². The van der Waals surface area contributed by atoms with Crippen LogP contribution in [0.3, 0.4) is 0 Å². The number of hydrogen-bond donors (Lipinski definition) is 2. The Bertz CT molecular complexity index is 792. The third-order valence-corrected chi connectivity index (χ3v) is 4.62. The second-order valence-electron chi connectivity index (χ2n) is 8.21. The third-order valence-electron chi connectivity index (χ3n) is 4.62. The number of aliphatic hydroxyl groups excluding tert-OH is 1. The molecule has 0 bridgehead atoms. The van der Waals surface area contributed by atoms with E-state index in [0.29, 0.717) is 25.3 Å². The summed E-state index contributed by atoms with van der Waals surface area (Å²) in [4.78, 5) is 29.3. The molecule has 0 aromatic heterocycles. The van der Waals surface area contributed by atoms with E-state index in [1.165, 1.54) is 11.0 Å². The number of amides is 1. The minimum atomic E-state index is -0.765. The van der Waals surface area contributed by atoms with E-state index in [1.54, 1.807) is 39.8 Å². The van der Waals surface area contributed by atoms with Crippen molar-refractivity contribution >= 4 is 11.7 Å². The summed E-state index contributed by atoms with van der Waals surface area (Å²) in [7, 11) is 3.77. The average molecular weight is 390 g/mol. The second kappa shape index (κ2) is 8.22. The number of benzene rings is 1. The Morgan fingerprint density at radius 2 is 1.89 bits per heavy atom. The van der Waals surface area contributed by atoms with Crippen LogP contribution in [0.25, 0.3) is 0 Å². The van der Waals surface area contributed by atoms with Gasteiger partial charge in [-0.1, -0.05) is 26.8 Å². The highest BCUT2D eigenvalue weighted by Gasteiger charge is 2.45. The molecule has 7 nitrogen and oxygen atoms in total. The molecule has 1 aromatic rings. The molecule has 154 valence electrons. The van der Waals surface area contributed by atoms with Crippen molar-refractivity contribution in [3.8, 4) is 11.5 Å². The molecule has 0 spiro atoms. The van der Waals surface area contributed by atoms with Gasteiger partial charge in [0.15, 0.2) is 23.0 Å². The molecule has 1 aromatic carbocycles. The van der Waals surface area contributed by atoms with Crippen molar-refractivity contribution in [1.29, 1.82) is 0 Å². The first-order valence-electron chi connectivity index (χ1n) is 9.38. The monoisotopic (exact) mass is 390 g/mol. The van der Waals surface area contributed by atoms with Crippen molar-refractivity contribution in [2.45, 2.75) is 33.7 Å². The number of rotatable bonds is 7. The smallest absolute Gasteiger partial charge is 0.290 e. The van der Waals surface area contributed by atoms with Gasteiger partial charge in [-0.25, -0.2) is 0 Å². The van der Waals surface area contributed by atoms with E-state index in [0.717, 1.165) is 0 Å². The summed E-state index contributed by atoms with van der Waals surface area (Å²) in [6.07, 6.45) is 0. The number of phenolic OH excluding ortho intramolecular Hbond substituents is 1. The van der Waals surface area contributed by atoms with Crippen molar-refractivity contribution in [1.82, 2.24) is 9.80 Å². The van der Waals surface area contributed by atoms with Gasteiger partial charge in [0.2, 0.25) is 0 Å². The fourth-order valence-corrected chi connectivity index (χ4v) is 3.15. The Hall–Kier alpha value is -2.54. The van der Waals surface area contributed by atoms with Crippen molar-refractivity contribution < 1.29 is 24.5 Å². The van der Waals surface area contributed by atoms with Gasteiger partial charge in [0.1, 0.15) is 0 Å². The molecule has 1 aliphatic heterocycles. The SMILES string of the molecule is CCOc1cc(C2C(C(=O)C(C)(C)C)=C(O)C(=O)N2CCN(C)C)ccc1O. The van der Waals surface area contributed by atoms with E-state index in [4.69, 9.17) is 4.74 Å². The number of aromatic hydroxyl groups is 1. The normalized spacial score (nSPS) is 17.6. The molecule has 0 fully saturated rings. The lowest BCUT2D eigenvalue weighted by Gasteiger charge is -2.30. The molecule has 1 amide bonds. The van der Waals surface area contributed by atoms with Crippen LogP contribution >= 0.6 is 0 Å². The molecule has 1 heterocycles. The van der Waals surface area contributed by atoms with Gasteiger partial charge in [0, 0.05) is 18.5 Å². The lowest BCUT2D eigenvalue weighted by Crippen LogP contribution is -2.37. The summed E-state index contributed by atoms with van der Waals surface area (Å²) in [5, 5.41) is 20.6. The zero-order valence-electron chi connectivity index (χ0n) is 17.4. The number of Topliss-reactive ketones (excluding diaryl/α,β-unsaturated/α-hetero) is 1. The quantitative estimate of drug-likeness (QED) is 0.744. The highest BCUT2D eigenvalue weighted by atomic mass is 16.5. The van der Waals surface area contributed by atoms with Gasteiger partial charge in [0.25, 0.3) is 5.91 Å². The number of hydrogen-bond acceptors (Lipinski definition) is 6. The molecule has 28 heavy (non-hydrogen) atoms. The third kappa shape index (κ3) is 4.30. The lowest BCUT2D eigenvalue weighted by atomic mass is 9.82. The number of ketones is 1. The largest absolute Gasteiger partial charge is 0.504 e. The molecule has 7 heteroatoms. The van der Waals surface area contributed by atoms with Crippen LogP contribution in [-0.2, 0) is 9.59 Å². The van der Waals surface area contributed by atoms with Crippen molar-refractivity contribution in [2.24, 2.45) is 5.41 Å². The Balaban J connectivity index is 2.58. The zero-order valence-corrected chi connectivity index (χ0v) is 17.4. The van der Waals surface area contributed by atoms with Crippen LogP contribution < -0.4 is 4.74 Å². The first-order valence-corrected chi connectivity index (χ1v) is 9.38. The molecule has 2 N–H and O–H groups in total. The molecular formula is C21H30N2O5. The first kappa shape index (κ1) is 21.8. The minimum absolute atomic E-state index is 0.0216. The number of carbonyl (C=O) groups is 2. The molecule has 0 saturated carbocycles. The van der Waals surface area contributed by atoms with Gasteiger partial charge in [-0.05, 0) is 38.7 Å². The van der Waals surface area contributed by atoms with E-state index in [1.807, 2.05) is 19.0 Å². The molecule has 2 rings (SSSR count). The van der Waals surface area contributed by atoms with E-state index in [-0.39, 0.29) is 22.9 Å². The zero-order chi connectivity index (χ0) is 21.2. The van der Waals surface area contributed by atoms with Gasteiger partial charge in [-0.3, -0.25) is 9.59 Å². The Morgan fingerprint density at radius 1 is 1.25 bits per heavy atom. The van der Waals surface area contributed by atoms with Crippen LogP contribution in [0.1, 0.15) is 39.3 Å². The molecule has 1 aliphatic rings. The number of likely N-dealkylation sites (N-methyl/N-ethyl adjacent to an activating group) is 1. The topological polar surface area (TPSA) is 90.3 Å². The van der Waals surface area contributed by atoms with Gasteiger partial charge in [-0.2, -0.15) is 0 Å². The number of ether oxygens (including phenoxy) is 1. The number of carbonyl (C=O) groups excluding carboxylic acids is 2. The Labute approximate surface area is 166 Å². The first-order chi connectivity index (χ1) is 13.0. The number of nitrogens with zero attached hydrogens (tertiary/aromatic N) is 2. The standard InChI is InChI=1S/C21H30N2O5/c1-7-28-15-12-13(8-9-14(15)24)17-16(19(26)21(2,3)4)18(25)20(27)23(17)11-10-22(5)6/h8-9,12,17,24-25H,7,10-11H2,1-6H3. The van der Waals surface area contributed by atoms with E-state index < -0.39 is 23.1 Å². The van der Waals surface area contributed by atoms with Crippen molar-refractivity contribution in [2.75, 3.05) is 33.8 Å². The lowest BCUT2D eigenvalue weighted by molar-refractivity contribution is -0.129. The maximum Gasteiger partial charge on any atom is 0.290 e. The van der Waals surface area contributed by atoms with Gasteiger partial charge < -0.3 is 24.7 Å². The molecular weight excluding hydrogens is 360 g/mol. The summed E-state index contributed by atoms with van der Waals surface area (Å²) in [6, 6.07) is 4.00. The van der Waals surface area contributed by atoms with Crippen LogP contribution in [0.5, 0.6) is 11.5 Å². The second-order valence-corrected chi connectivity index (χ2v) is 8.21. The van der Waals surface area contributed by atoms with E-state index in [9.17, 15) is 19.8 Å². The number of aliphatic hydroxyl groups is 1. The Morgan fingerprint density at radius 3 is 2.43 bits per heavy atom. The summed E-state index contributed by atoms with van der Waals surface area (Å²) < 4.78 is 5.46. The molecule has 1 unspecified atom stereocenters. The summed E-state index contributed by atoms with van der Waals surface area (Å²) in [6.45, 7) is 8.33. The summed E-state index contributed by atoms with van der Waals surface area (Å²) in [5.41, 5.74) is -0.0756. The van der Waals surface area contributed by atoms with Crippen LogP contribution in [0.15, 0.2) is 29.5 Å². The highest BCUT2D eigenvalue weighted by Crippen LogP contribution is 2.42. The maximum atomic E-state index is 13.1. The van der Waals surface area contributed by atoms with Gasteiger partial charge >= 0.3 is 0 Å².